The second-order valence-corrected chi connectivity index (χ2v) is 7.59. The number of hydrogen-bond acceptors (Lipinski definition) is 2. The number of anilines is 1. The van der Waals surface area contributed by atoms with Crippen LogP contribution in [0.4, 0.5) is 5.69 Å². The van der Waals surface area contributed by atoms with E-state index in [0.29, 0.717) is 15.7 Å². The van der Waals surface area contributed by atoms with Gasteiger partial charge in [0.2, 0.25) is 0 Å². The Bertz CT molecular complexity index is 973. The van der Waals surface area contributed by atoms with E-state index in [4.69, 9.17) is 23.2 Å². The quantitative estimate of drug-likeness (QED) is 0.655. The predicted molar refractivity (Wildman–Crippen MR) is 99.1 cm³/mol. The Kier molecular flexibility index (Phi) is 4.81. The summed E-state index contributed by atoms with van der Waals surface area (Å²) < 4.78 is 27.7. The number of benzene rings is 3. The van der Waals surface area contributed by atoms with Crippen molar-refractivity contribution in [1.82, 2.24) is 0 Å². The van der Waals surface area contributed by atoms with Crippen molar-refractivity contribution in [3.05, 3.63) is 82.8 Å². The van der Waals surface area contributed by atoms with Crippen molar-refractivity contribution < 1.29 is 8.42 Å². The monoisotopic (exact) mass is 377 g/mol. The maximum absolute atomic E-state index is 12.5. The van der Waals surface area contributed by atoms with Crippen molar-refractivity contribution in [3.8, 4) is 11.1 Å². The summed E-state index contributed by atoms with van der Waals surface area (Å²) >= 11 is 12.0. The Hall–Kier alpha value is -2.01. The van der Waals surface area contributed by atoms with Gasteiger partial charge in [-0.3, -0.25) is 4.72 Å². The van der Waals surface area contributed by atoms with Crippen LogP contribution >= 0.6 is 23.2 Å². The topological polar surface area (TPSA) is 46.2 Å². The van der Waals surface area contributed by atoms with E-state index in [2.05, 4.69) is 4.72 Å². The van der Waals surface area contributed by atoms with Gasteiger partial charge in [-0.15, -0.1) is 0 Å². The molecule has 3 nitrogen and oxygen atoms in total. The van der Waals surface area contributed by atoms with Crippen molar-refractivity contribution in [2.24, 2.45) is 0 Å². The first-order valence-electron chi connectivity index (χ1n) is 7.10. The van der Waals surface area contributed by atoms with Gasteiger partial charge < -0.3 is 0 Å². The molecule has 0 atom stereocenters. The molecular weight excluding hydrogens is 365 g/mol. The van der Waals surface area contributed by atoms with Crippen LogP contribution in [-0.2, 0) is 10.0 Å². The van der Waals surface area contributed by atoms with Crippen LogP contribution in [0.15, 0.2) is 77.7 Å². The van der Waals surface area contributed by atoms with Crippen molar-refractivity contribution >= 4 is 38.9 Å². The Morgan fingerprint density at radius 2 is 1.42 bits per heavy atom. The van der Waals surface area contributed by atoms with Crippen LogP contribution in [0.3, 0.4) is 0 Å². The molecule has 0 fully saturated rings. The largest absolute Gasteiger partial charge is 0.279 e. The Morgan fingerprint density at radius 1 is 0.750 bits per heavy atom. The summed E-state index contributed by atoms with van der Waals surface area (Å²) in [6.07, 6.45) is 0. The smallest absolute Gasteiger partial charge is 0.261 e. The number of rotatable bonds is 4. The lowest BCUT2D eigenvalue weighted by Crippen LogP contribution is -2.13. The Morgan fingerprint density at radius 3 is 2.12 bits per heavy atom. The molecule has 0 unspecified atom stereocenters. The highest BCUT2D eigenvalue weighted by molar-refractivity contribution is 7.92. The fourth-order valence-corrected chi connectivity index (χ4v) is 3.69. The minimum atomic E-state index is -3.67. The molecule has 0 aliphatic heterocycles. The average molecular weight is 378 g/mol. The van der Waals surface area contributed by atoms with E-state index in [1.165, 1.54) is 0 Å². The van der Waals surface area contributed by atoms with Gasteiger partial charge in [0.15, 0.2) is 0 Å². The molecule has 0 bridgehead atoms. The van der Waals surface area contributed by atoms with Gasteiger partial charge >= 0.3 is 0 Å². The van der Waals surface area contributed by atoms with E-state index in [0.717, 1.165) is 11.1 Å². The Labute approximate surface area is 150 Å². The first-order valence-corrected chi connectivity index (χ1v) is 9.33. The summed E-state index contributed by atoms with van der Waals surface area (Å²) in [6, 6.07) is 20.5. The maximum atomic E-state index is 12.5. The average Bonchev–Trinajstić information content (AvgIpc) is 2.58. The highest BCUT2D eigenvalue weighted by Gasteiger charge is 2.16. The Balaban J connectivity index is 2.03. The predicted octanol–water partition coefficient (Wildman–Crippen LogP) is 5.46. The maximum Gasteiger partial charge on any atom is 0.261 e. The van der Waals surface area contributed by atoms with E-state index in [1.54, 1.807) is 60.7 Å². The van der Waals surface area contributed by atoms with Crippen LogP contribution in [0.25, 0.3) is 11.1 Å². The van der Waals surface area contributed by atoms with Crippen molar-refractivity contribution in [1.29, 1.82) is 0 Å². The van der Waals surface area contributed by atoms with Gasteiger partial charge in [-0.05, 0) is 35.9 Å². The molecule has 0 heterocycles. The zero-order valence-electron chi connectivity index (χ0n) is 12.4. The van der Waals surface area contributed by atoms with Crippen LogP contribution in [0, 0.1) is 0 Å². The van der Waals surface area contributed by atoms with Crippen molar-refractivity contribution in [3.63, 3.8) is 0 Å². The molecule has 3 aromatic rings. The zero-order chi connectivity index (χ0) is 17.2. The summed E-state index contributed by atoms with van der Waals surface area (Å²) in [5.74, 6) is 0. The summed E-state index contributed by atoms with van der Waals surface area (Å²) in [4.78, 5) is 0.203. The van der Waals surface area contributed by atoms with Crippen LogP contribution < -0.4 is 4.72 Å². The summed E-state index contributed by atoms with van der Waals surface area (Å²) in [7, 11) is -3.67. The molecule has 0 amide bonds. The first-order chi connectivity index (χ1) is 11.5. The third-order valence-corrected chi connectivity index (χ3v) is 5.58. The summed E-state index contributed by atoms with van der Waals surface area (Å²) in [5, 5.41) is 0.859. The number of sulfonamides is 1. The molecule has 0 aliphatic rings. The number of para-hydroxylation sites is 1. The number of hydrogen-bond donors (Lipinski definition) is 1. The molecule has 3 rings (SSSR count). The molecule has 3 aromatic carbocycles. The van der Waals surface area contributed by atoms with E-state index in [1.807, 2.05) is 12.1 Å². The van der Waals surface area contributed by atoms with Gasteiger partial charge in [0, 0.05) is 5.56 Å². The minimum Gasteiger partial charge on any atom is -0.279 e. The van der Waals surface area contributed by atoms with Crippen LogP contribution in [-0.4, -0.2) is 8.42 Å². The fourth-order valence-electron chi connectivity index (χ4n) is 2.29. The van der Waals surface area contributed by atoms with E-state index < -0.39 is 10.0 Å². The lowest BCUT2D eigenvalue weighted by atomic mass is 10.0. The highest BCUT2D eigenvalue weighted by Crippen LogP contribution is 2.33. The van der Waals surface area contributed by atoms with Gasteiger partial charge in [0.05, 0.1) is 20.6 Å². The molecule has 122 valence electrons. The normalized spacial score (nSPS) is 11.2. The zero-order valence-corrected chi connectivity index (χ0v) is 14.7. The molecule has 1 N–H and O–H groups in total. The van der Waals surface area contributed by atoms with Crippen molar-refractivity contribution in [2.75, 3.05) is 4.72 Å². The van der Waals surface area contributed by atoms with Crippen LogP contribution in [0.5, 0.6) is 0 Å². The molecule has 0 saturated carbocycles. The highest BCUT2D eigenvalue weighted by atomic mass is 35.5. The molecule has 0 saturated heterocycles. The van der Waals surface area contributed by atoms with Gasteiger partial charge in [0.1, 0.15) is 0 Å². The van der Waals surface area contributed by atoms with Gasteiger partial charge in [-0.1, -0.05) is 65.7 Å². The molecular formula is C18H13Cl2NO2S. The lowest BCUT2D eigenvalue weighted by molar-refractivity contribution is 0.601. The van der Waals surface area contributed by atoms with Gasteiger partial charge in [0.25, 0.3) is 10.0 Å². The van der Waals surface area contributed by atoms with E-state index >= 15 is 0 Å². The minimum absolute atomic E-state index is 0.203. The third-order valence-electron chi connectivity index (χ3n) is 3.46. The molecule has 0 radical (unpaired) electrons. The molecule has 24 heavy (non-hydrogen) atoms. The molecule has 0 aliphatic carbocycles. The van der Waals surface area contributed by atoms with Crippen LogP contribution in [0.2, 0.25) is 10.0 Å². The summed E-state index contributed by atoms with van der Waals surface area (Å²) in [6.45, 7) is 0. The second kappa shape index (κ2) is 6.85. The van der Waals surface area contributed by atoms with Gasteiger partial charge in [-0.25, -0.2) is 8.42 Å². The number of halogens is 2. The van der Waals surface area contributed by atoms with Crippen LogP contribution in [0.1, 0.15) is 0 Å². The third kappa shape index (κ3) is 3.56. The van der Waals surface area contributed by atoms with Gasteiger partial charge in [-0.2, -0.15) is 0 Å². The second-order valence-electron chi connectivity index (χ2n) is 5.09. The standard InChI is InChI=1S/C18H13Cl2NO2S/c19-16-11-10-13(12-17(16)20)15-8-4-5-9-18(15)21-24(22,23)14-6-2-1-3-7-14/h1-12,21H. The number of nitrogens with one attached hydrogen (secondary N) is 1. The molecule has 0 aromatic heterocycles. The van der Waals surface area contributed by atoms with E-state index in [9.17, 15) is 8.42 Å². The SMILES string of the molecule is O=S(=O)(Nc1ccccc1-c1ccc(Cl)c(Cl)c1)c1ccccc1. The summed E-state index contributed by atoms with van der Waals surface area (Å²) in [5.41, 5.74) is 1.96. The first kappa shape index (κ1) is 16.8. The molecule has 0 spiro atoms. The lowest BCUT2D eigenvalue weighted by Gasteiger charge is -2.13. The van der Waals surface area contributed by atoms with E-state index in [-0.39, 0.29) is 4.90 Å². The fraction of sp³-hybridized carbons (Fsp3) is 0. The van der Waals surface area contributed by atoms with Crippen molar-refractivity contribution in [2.45, 2.75) is 4.90 Å². The molecule has 6 heteroatoms.